The number of hydrazine groups is 1. The number of nitriles is 1. The summed E-state index contributed by atoms with van der Waals surface area (Å²) in [5.74, 6) is 0.745. The molecular formula is C13H18N4. The van der Waals surface area contributed by atoms with Gasteiger partial charge in [-0.1, -0.05) is 19.9 Å². The van der Waals surface area contributed by atoms with Gasteiger partial charge in [-0.15, -0.1) is 0 Å². The van der Waals surface area contributed by atoms with E-state index in [1.165, 1.54) is 5.57 Å². The Hall–Kier alpha value is -2.02. The highest BCUT2D eigenvalue weighted by molar-refractivity contribution is 5.33. The molecule has 0 spiro atoms. The van der Waals surface area contributed by atoms with Crippen LogP contribution in [0, 0.1) is 11.3 Å². The predicted molar refractivity (Wildman–Crippen MR) is 68.8 cm³/mol. The summed E-state index contributed by atoms with van der Waals surface area (Å²) in [5.41, 5.74) is 8.30. The molecule has 1 rings (SSSR count). The van der Waals surface area contributed by atoms with Gasteiger partial charge in [-0.25, -0.2) is 4.98 Å². The number of hydrogen-bond acceptors (Lipinski definition) is 4. The smallest absolute Gasteiger partial charge is 0.144 e. The molecule has 0 aliphatic rings. The van der Waals surface area contributed by atoms with Crippen molar-refractivity contribution in [2.75, 3.05) is 5.43 Å². The molecule has 0 amide bonds. The zero-order chi connectivity index (χ0) is 12.5. The number of aromatic nitrogens is 1. The SMILES string of the molecule is CCC(CC)=C(CC#N)NNc1ccccn1. The Morgan fingerprint density at radius 3 is 2.65 bits per heavy atom. The minimum atomic E-state index is 0.386. The van der Waals surface area contributed by atoms with Crippen molar-refractivity contribution in [2.24, 2.45) is 0 Å². The first kappa shape index (κ1) is 13.0. The van der Waals surface area contributed by atoms with Crippen LogP contribution in [0.25, 0.3) is 0 Å². The van der Waals surface area contributed by atoms with E-state index in [1.54, 1.807) is 6.20 Å². The summed E-state index contributed by atoms with van der Waals surface area (Å²) < 4.78 is 0. The van der Waals surface area contributed by atoms with Gasteiger partial charge in [-0.2, -0.15) is 5.26 Å². The summed E-state index contributed by atoms with van der Waals surface area (Å²) in [5, 5.41) is 8.81. The number of nitrogens with zero attached hydrogens (tertiary/aromatic N) is 2. The van der Waals surface area contributed by atoms with E-state index in [0.29, 0.717) is 6.42 Å². The summed E-state index contributed by atoms with van der Waals surface area (Å²) in [4.78, 5) is 4.14. The van der Waals surface area contributed by atoms with Gasteiger partial charge in [0.25, 0.3) is 0 Å². The lowest BCUT2D eigenvalue weighted by molar-refractivity contribution is 0.831. The summed E-state index contributed by atoms with van der Waals surface area (Å²) in [6.45, 7) is 4.19. The number of nitrogens with one attached hydrogen (secondary N) is 2. The first-order chi connectivity index (χ1) is 8.31. The fraction of sp³-hybridized carbons (Fsp3) is 0.385. The second-order valence-corrected chi connectivity index (χ2v) is 3.59. The van der Waals surface area contributed by atoms with Crippen LogP contribution in [-0.2, 0) is 0 Å². The highest BCUT2D eigenvalue weighted by Crippen LogP contribution is 2.13. The van der Waals surface area contributed by atoms with Gasteiger partial charge in [0, 0.05) is 11.9 Å². The van der Waals surface area contributed by atoms with Gasteiger partial charge in [0.15, 0.2) is 0 Å². The van der Waals surface area contributed by atoms with Crippen molar-refractivity contribution < 1.29 is 0 Å². The molecule has 0 saturated heterocycles. The molecule has 0 saturated carbocycles. The van der Waals surface area contributed by atoms with Crippen LogP contribution in [0.5, 0.6) is 0 Å². The van der Waals surface area contributed by atoms with E-state index in [0.717, 1.165) is 24.4 Å². The fourth-order valence-corrected chi connectivity index (χ4v) is 1.59. The first-order valence-corrected chi connectivity index (χ1v) is 5.82. The van der Waals surface area contributed by atoms with Crippen LogP contribution in [0.15, 0.2) is 35.7 Å². The maximum atomic E-state index is 8.81. The van der Waals surface area contributed by atoms with Crippen molar-refractivity contribution in [3.8, 4) is 6.07 Å². The van der Waals surface area contributed by atoms with Gasteiger partial charge < -0.3 is 5.43 Å². The Morgan fingerprint density at radius 2 is 2.12 bits per heavy atom. The Kier molecular flexibility index (Phi) is 5.59. The lowest BCUT2D eigenvalue weighted by Gasteiger charge is -2.14. The van der Waals surface area contributed by atoms with Crippen LogP contribution in [0.2, 0.25) is 0 Å². The Labute approximate surface area is 102 Å². The summed E-state index contributed by atoms with van der Waals surface area (Å²) in [6, 6.07) is 7.81. The number of anilines is 1. The summed E-state index contributed by atoms with van der Waals surface area (Å²) in [6.07, 6.45) is 4.00. The number of rotatable bonds is 6. The zero-order valence-corrected chi connectivity index (χ0v) is 10.3. The average molecular weight is 230 g/mol. The van der Waals surface area contributed by atoms with Crippen LogP contribution in [0.3, 0.4) is 0 Å². The lowest BCUT2D eigenvalue weighted by Crippen LogP contribution is -2.23. The average Bonchev–Trinajstić information content (AvgIpc) is 2.38. The van der Waals surface area contributed by atoms with Gasteiger partial charge in [0.2, 0.25) is 0 Å². The van der Waals surface area contributed by atoms with Crippen molar-refractivity contribution >= 4 is 5.82 Å². The molecule has 0 radical (unpaired) electrons. The van der Waals surface area contributed by atoms with E-state index in [1.807, 2.05) is 18.2 Å². The van der Waals surface area contributed by atoms with Gasteiger partial charge in [0.1, 0.15) is 5.82 Å². The Bertz CT molecular complexity index is 397. The van der Waals surface area contributed by atoms with E-state index in [9.17, 15) is 0 Å². The van der Waals surface area contributed by atoms with Crippen molar-refractivity contribution in [1.82, 2.24) is 10.4 Å². The monoisotopic (exact) mass is 230 g/mol. The third-order valence-corrected chi connectivity index (χ3v) is 2.54. The molecule has 17 heavy (non-hydrogen) atoms. The number of allylic oxidation sites excluding steroid dienone is 2. The van der Waals surface area contributed by atoms with Crippen molar-refractivity contribution in [1.29, 1.82) is 5.26 Å². The molecule has 0 unspecified atom stereocenters. The molecular weight excluding hydrogens is 212 g/mol. The minimum Gasteiger partial charge on any atom is -0.303 e. The van der Waals surface area contributed by atoms with Crippen LogP contribution in [0.1, 0.15) is 33.1 Å². The van der Waals surface area contributed by atoms with Gasteiger partial charge in [-0.3, -0.25) is 5.43 Å². The fourth-order valence-electron chi connectivity index (χ4n) is 1.59. The molecule has 0 aromatic carbocycles. The lowest BCUT2D eigenvalue weighted by atomic mass is 10.1. The molecule has 4 nitrogen and oxygen atoms in total. The van der Waals surface area contributed by atoms with Gasteiger partial charge in [-0.05, 0) is 30.5 Å². The molecule has 1 aromatic heterocycles. The van der Waals surface area contributed by atoms with E-state index in [4.69, 9.17) is 5.26 Å². The first-order valence-electron chi connectivity index (χ1n) is 5.82. The van der Waals surface area contributed by atoms with Crippen molar-refractivity contribution in [3.63, 3.8) is 0 Å². The summed E-state index contributed by atoms with van der Waals surface area (Å²) >= 11 is 0. The third kappa shape index (κ3) is 4.15. The molecule has 0 aliphatic heterocycles. The maximum absolute atomic E-state index is 8.81. The second kappa shape index (κ2) is 7.29. The third-order valence-electron chi connectivity index (χ3n) is 2.54. The van der Waals surface area contributed by atoms with Gasteiger partial charge >= 0.3 is 0 Å². The normalized spacial score (nSPS) is 9.24. The molecule has 1 aromatic rings. The zero-order valence-electron chi connectivity index (χ0n) is 10.3. The van der Waals surface area contributed by atoms with E-state index in [2.05, 4.69) is 35.8 Å². The van der Waals surface area contributed by atoms with E-state index in [-0.39, 0.29) is 0 Å². The number of pyridine rings is 1. The topological polar surface area (TPSA) is 60.7 Å². The molecule has 0 fully saturated rings. The van der Waals surface area contributed by atoms with E-state index < -0.39 is 0 Å². The van der Waals surface area contributed by atoms with E-state index >= 15 is 0 Å². The quantitative estimate of drug-likeness (QED) is 0.737. The van der Waals surface area contributed by atoms with Crippen LogP contribution in [0.4, 0.5) is 5.82 Å². The van der Waals surface area contributed by atoms with Crippen molar-refractivity contribution in [3.05, 3.63) is 35.7 Å². The molecule has 4 heteroatoms. The maximum Gasteiger partial charge on any atom is 0.144 e. The largest absolute Gasteiger partial charge is 0.303 e. The standard InChI is InChI=1S/C13H18N4/c1-3-11(4-2)12(8-9-14)16-17-13-7-5-6-10-15-13/h5-7,10,16H,3-4,8H2,1-2H3,(H,15,17). The molecule has 1 heterocycles. The van der Waals surface area contributed by atoms with Crippen molar-refractivity contribution in [2.45, 2.75) is 33.1 Å². The highest BCUT2D eigenvalue weighted by Gasteiger charge is 2.03. The van der Waals surface area contributed by atoms with Crippen LogP contribution in [-0.4, -0.2) is 4.98 Å². The molecule has 2 N–H and O–H groups in total. The molecule has 0 bridgehead atoms. The number of hydrogen-bond donors (Lipinski definition) is 2. The van der Waals surface area contributed by atoms with Crippen LogP contribution < -0.4 is 10.9 Å². The van der Waals surface area contributed by atoms with Gasteiger partial charge in [0.05, 0.1) is 12.5 Å². The molecule has 90 valence electrons. The van der Waals surface area contributed by atoms with Crippen LogP contribution >= 0.6 is 0 Å². The minimum absolute atomic E-state index is 0.386. The Balaban J connectivity index is 2.69. The summed E-state index contributed by atoms with van der Waals surface area (Å²) in [7, 11) is 0. The Morgan fingerprint density at radius 1 is 1.35 bits per heavy atom. The second-order valence-electron chi connectivity index (χ2n) is 3.59. The molecule has 0 aliphatic carbocycles. The predicted octanol–water partition coefficient (Wildman–Crippen LogP) is 2.99. The molecule has 0 atom stereocenters. The highest BCUT2D eigenvalue weighted by atomic mass is 15.4.